The largest absolute Gasteiger partial charge is 0.487 e. The van der Waals surface area contributed by atoms with E-state index in [1.54, 1.807) is 18.3 Å². The molecule has 1 saturated heterocycles. The molecule has 0 bridgehead atoms. The number of carbonyl (C=O) groups excluding carboxylic acids is 3. The van der Waals surface area contributed by atoms with Crippen LogP contribution < -0.4 is 4.74 Å². The second-order valence-corrected chi connectivity index (χ2v) is 7.00. The van der Waals surface area contributed by atoms with Crippen molar-refractivity contribution in [1.29, 1.82) is 0 Å². The monoisotopic (exact) mass is 384 g/mol. The first-order valence-corrected chi connectivity index (χ1v) is 9.20. The van der Waals surface area contributed by atoms with Crippen LogP contribution in [0.25, 0.3) is 0 Å². The first kappa shape index (κ1) is 19.7. The highest BCUT2D eigenvalue weighted by molar-refractivity contribution is 5.78. The lowest BCUT2D eigenvalue weighted by molar-refractivity contribution is -0.191. The molecule has 0 atom stereocenters. The average molecular weight is 384 g/mol. The SMILES string of the molecule is O=C(Cc1ccccn1)N1CCC2(CCc3cc(F)ccc3O2)CC1.O=C=O. The fourth-order valence-corrected chi connectivity index (χ4v) is 3.77. The van der Waals surface area contributed by atoms with Gasteiger partial charge < -0.3 is 9.64 Å². The highest BCUT2D eigenvalue weighted by Crippen LogP contribution is 2.39. The number of rotatable bonds is 2. The van der Waals surface area contributed by atoms with Gasteiger partial charge in [0.15, 0.2) is 0 Å². The number of aromatic nitrogens is 1. The van der Waals surface area contributed by atoms with Crippen LogP contribution in [0.5, 0.6) is 5.75 Å². The molecule has 3 heterocycles. The molecule has 7 heteroatoms. The third-order valence-electron chi connectivity index (χ3n) is 5.28. The third kappa shape index (κ3) is 4.61. The lowest BCUT2D eigenvalue weighted by Crippen LogP contribution is -2.51. The van der Waals surface area contributed by atoms with Gasteiger partial charge in [-0.2, -0.15) is 9.59 Å². The minimum Gasteiger partial charge on any atom is -0.487 e. The Kier molecular flexibility index (Phi) is 6.16. The van der Waals surface area contributed by atoms with E-state index in [2.05, 4.69) is 4.98 Å². The van der Waals surface area contributed by atoms with Gasteiger partial charge in [0.1, 0.15) is 17.2 Å². The Morgan fingerprint density at radius 3 is 2.61 bits per heavy atom. The van der Waals surface area contributed by atoms with Crippen molar-refractivity contribution in [2.24, 2.45) is 0 Å². The molecule has 0 N–H and O–H groups in total. The van der Waals surface area contributed by atoms with Gasteiger partial charge in [-0.05, 0) is 48.7 Å². The molecule has 2 aromatic rings. The lowest BCUT2D eigenvalue weighted by Gasteiger charge is -2.44. The number of nitrogens with zero attached hydrogens (tertiary/aromatic N) is 2. The fraction of sp³-hybridized carbons (Fsp3) is 0.381. The van der Waals surface area contributed by atoms with Crippen LogP contribution in [0, 0.1) is 5.82 Å². The molecule has 146 valence electrons. The van der Waals surface area contributed by atoms with Gasteiger partial charge in [0.25, 0.3) is 0 Å². The van der Waals surface area contributed by atoms with Crippen LogP contribution in [-0.4, -0.2) is 40.6 Å². The van der Waals surface area contributed by atoms with E-state index in [1.165, 1.54) is 6.07 Å². The summed E-state index contributed by atoms with van der Waals surface area (Å²) < 4.78 is 19.6. The van der Waals surface area contributed by atoms with Gasteiger partial charge in [0.2, 0.25) is 5.91 Å². The second-order valence-electron chi connectivity index (χ2n) is 7.00. The van der Waals surface area contributed by atoms with Crippen molar-refractivity contribution >= 4 is 12.1 Å². The minimum atomic E-state index is -0.216. The van der Waals surface area contributed by atoms with Crippen molar-refractivity contribution in [2.45, 2.75) is 37.7 Å². The summed E-state index contributed by atoms with van der Waals surface area (Å²) >= 11 is 0. The maximum absolute atomic E-state index is 13.3. The minimum absolute atomic E-state index is 0.117. The maximum Gasteiger partial charge on any atom is 0.373 e. The average Bonchev–Trinajstić information content (AvgIpc) is 2.70. The van der Waals surface area contributed by atoms with Crippen LogP contribution >= 0.6 is 0 Å². The Morgan fingerprint density at radius 1 is 1.18 bits per heavy atom. The zero-order valence-electron chi connectivity index (χ0n) is 15.4. The molecule has 1 aromatic carbocycles. The number of carbonyl (C=O) groups is 1. The summed E-state index contributed by atoms with van der Waals surface area (Å²) in [5.41, 5.74) is 1.53. The number of pyridine rings is 1. The zero-order valence-corrected chi connectivity index (χ0v) is 15.4. The Balaban J connectivity index is 0.000000706. The molecule has 4 rings (SSSR count). The molecule has 0 saturated carbocycles. The molecule has 1 amide bonds. The van der Waals surface area contributed by atoms with Gasteiger partial charge in [0.05, 0.1) is 6.42 Å². The summed E-state index contributed by atoms with van der Waals surface area (Å²) in [6, 6.07) is 10.4. The van der Waals surface area contributed by atoms with Crippen LogP contribution in [0.2, 0.25) is 0 Å². The van der Waals surface area contributed by atoms with E-state index in [0.29, 0.717) is 19.5 Å². The molecule has 1 aromatic heterocycles. The van der Waals surface area contributed by atoms with Crippen molar-refractivity contribution in [2.75, 3.05) is 13.1 Å². The van der Waals surface area contributed by atoms with E-state index in [4.69, 9.17) is 14.3 Å². The normalized spacial score (nSPS) is 16.8. The highest BCUT2D eigenvalue weighted by Gasteiger charge is 2.40. The first-order valence-electron chi connectivity index (χ1n) is 9.20. The summed E-state index contributed by atoms with van der Waals surface area (Å²) in [6.45, 7) is 1.39. The topological polar surface area (TPSA) is 76.6 Å². The molecular weight excluding hydrogens is 363 g/mol. The van der Waals surface area contributed by atoms with Crippen molar-refractivity contribution in [3.05, 3.63) is 59.7 Å². The first-order chi connectivity index (χ1) is 13.5. The maximum atomic E-state index is 13.3. The molecule has 2 aliphatic rings. The second kappa shape index (κ2) is 8.76. The summed E-state index contributed by atoms with van der Waals surface area (Å²) in [4.78, 5) is 34.9. The van der Waals surface area contributed by atoms with Gasteiger partial charge in [-0.3, -0.25) is 9.78 Å². The standard InChI is InChI=1S/C20H21FN2O2.CO2/c21-16-4-5-18-15(13-16)6-7-20(25-18)8-11-23(12-9-20)19(24)14-17-3-1-2-10-22-17;2-1-3/h1-5,10,13H,6-9,11-12,14H2;. The molecule has 0 unspecified atom stereocenters. The fourth-order valence-electron chi connectivity index (χ4n) is 3.77. The van der Waals surface area contributed by atoms with Crippen molar-refractivity contribution in [3.8, 4) is 5.75 Å². The lowest BCUT2D eigenvalue weighted by atomic mass is 9.83. The number of ether oxygens (including phenoxy) is 1. The van der Waals surface area contributed by atoms with E-state index >= 15 is 0 Å². The van der Waals surface area contributed by atoms with E-state index in [-0.39, 0.29) is 23.5 Å². The molecule has 28 heavy (non-hydrogen) atoms. The summed E-state index contributed by atoms with van der Waals surface area (Å²) in [6.07, 6.45) is 5.65. The van der Waals surface area contributed by atoms with E-state index < -0.39 is 0 Å². The van der Waals surface area contributed by atoms with Crippen LogP contribution in [0.3, 0.4) is 0 Å². The van der Waals surface area contributed by atoms with Gasteiger partial charge in [-0.1, -0.05) is 6.07 Å². The summed E-state index contributed by atoms with van der Waals surface area (Å²) in [5.74, 6) is 0.695. The van der Waals surface area contributed by atoms with Crippen molar-refractivity contribution in [3.63, 3.8) is 0 Å². The summed E-state index contributed by atoms with van der Waals surface area (Å²) in [5, 5.41) is 0. The van der Waals surface area contributed by atoms with Crippen LogP contribution in [0.1, 0.15) is 30.5 Å². The Bertz CT molecular complexity index is 858. The zero-order chi connectivity index (χ0) is 20.0. The third-order valence-corrected chi connectivity index (χ3v) is 5.28. The van der Waals surface area contributed by atoms with Crippen LogP contribution in [0.15, 0.2) is 42.6 Å². The molecule has 1 spiro atoms. The number of hydrogen-bond donors (Lipinski definition) is 0. The predicted molar refractivity (Wildman–Crippen MR) is 96.8 cm³/mol. The number of hydrogen-bond acceptors (Lipinski definition) is 5. The number of likely N-dealkylation sites (tertiary alicyclic amines) is 1. The smallest absolute Gasteiger partial charge is 0.373 e. The van der Waals surface area contributed by atoms with Gasteiger partial charge in [-0.25, -0.2) is 4.39 Å². The number of aryl methyl sites for hydroxylation is 1. The van der Waals surface area contributed by atoms with Crippen LogP contribution in [-0.2, 0) is 27.2 Å². The molecule has 2 aliphatic heterocycles. The van der Waals surface area contributed by atoms with Crippen molar-refractivity contribution < 1.29 is 23.5 Å². The molecule has 6 nitrogen and oxygen atoms in total. The number of halogens is 1. The Hall–Kier alpha value is -3.05. The number of amides is 1. The quantitative estimate of drug-likeness (QED) is 0.795. The van der Waals surface area contributed by atoms with E-state index in [9.17, 15) is 9.18 Å². The van der Waals surface area contributed by atoms with E-state index in [1.807, 2.05) is 23.1 Å². The highest BCUT2D eigenvalue weighted by atomic mass is 19.1. The molecular formula is C21H21FN2O4. The van der Waals surface area contributed by atoms with E-state index in [0.717, 1.165) is 42.7 Å². The van der Waals surface area contributed by atoms with Gasteiger partial charge in [0, 0.05) is 37.8 Å². The number of fused-ring (bicyclic) bond motifs is 1. The predicted octanol–water partition coefficient (Wildman–Crippen LogP) is 2.57. The van der Waals surface area contributed by atoms with Gasteiger partial charge >= 0.3 is 6.15 Å². The molecule has 1 fully saturated rings. The van der Waals surface area contributed by atoms with Crippen molar-refractivity contribution in [1.82, 2.24) is 9.88 Å². The Labute approximate surface area is 162 Å². The van der Waals surface area contributed by atoms with Crippen LogP contribution in [0.4, 0.5) is 4.39 Å². The summed E-state index contributed by atoms with van der Waals surface area (Å²) in [7, 11) is 0. The number of piperidine rings is 1. The molecule has 0 radical (unpaired) electrons. The molecule has 0 aliphatic carbocycles. The number of benzene rings is 1. The van der Waals surface area contributed by atoms with Gasteiger partial charge in [-0.15, -0.1) is 0 Å². The Morgan fingerprint density at radius 2 is 1.93 bits per heavy atom.